The Balaban J connectivity index is 0.000000304. The Morgan fingerprint density at radius 2 is 1.19 bits per heavy atom. The highest BCUT2D eigenvalue weighted by Gasteiger charge is 2.23. The molecule has 114 valence electrons. The van der Waals surface area contributed by atoms with Gasteiger partial charge in [-0.05, 0) is 38.4 Å². The molecule has 0 saturated carbocycles. The molecule has 0 radical (unpaired) electrons. The van der Waals surface area contributed by atoms with E-state index in [-0.39, 0.29) is 5.41 Å². The average Bonchev–Trinajstić information content (AvgIpc) is 2.50. The lowest BCUT2D eigenvalue weighted by Crippen LogP contribution is -2.32. The summed E-state index contributed by atoms with van der Waals surface area (Å²) in [6.45, 7) is 6.93. The Kier molecular flexibility index (Phi) is 7.18. The van der Waals surface area contributed by atoms with Crippen LogP contribution in [0.2, 0.25) is 0 Å². The molecule has 0 aliphatic carbocycles. The first kappa shape index (κ1) is 17.5. The van der Waals surface area contributed by atoms with Gasteiger partial charge in [-0.25, -0.2) is 0 Å². The van der Waals surface area contributed by atoms with E-state index in [1.54, 1.807) is 0 Å². The molecule has 0 saturated heterocycles. The molecule has 0 fully saturated rings. The zero-order valence-corrected chi connectivity index (χ0v) is 14.1. The summed E-state index contributed by atoms with van der Waals surface area (Å²) < 4.78 is 0. The molecule has 0 amide bonds. The second kappa shape index (κ2) is 8.63. The summed E-state index contributed by atoms with van der Waals surface area (Å²) >= 11 is 0. The molecule has 1 unspecified atom stereocenters. The van der Waals surface area contributed by atoms with E-state index in [4.69, 9.17) is 0 Å². The van der Waals surface area contributed by atoms with Gasteiger partial charge in [-0.15, -0.1) is 0 Å². The standard InChI is InChI=1S/C14H23N.C6H6/c1-12(15(4)5)11-14(2,3)13-9-7-6-8-10-13;1-2-4-6-5-3-1/h6-10,12H,11H2,1-5H3;1-6H. The van der Waals surface area contributed by atoms with Crippen LogP contribution in [0.4, 0.5) is 0 Å². The van der Waals surface area contributed by atoms with Crippen LogP contribution in [0.1, 0.15) is 32.8 Å². The van der Waals surface area contributed by atoms with Gasteiger partial charge in [0.15, 0.2) is 0 Å². The first-order valence-electron chi connectivity index (χ1n) is 7.65. The quantitative estimate of drug-likeness (QED) is 0.764. The van der Waals surface area contributed by atoms with Crippen molar-refractivity contribution in [3.05, 3.63) is 72.3 Å². The minimum Gasteiger partial charge on any atom is -0.307 e. The van der Waals surface area contributed by atoms with E-state index < -0.39 is 0 Å². The second-order valence-electron chi connectivity index (χ2n) is 6.42. The van der Waals surface area contributed by atoms with E-state index in [1.165, 1.54) is 12.0 Å². The van der Waals surface area contributed by atoms with E-state index in [1.807, 2.05) is 36.4 Å². The Morgan fingerprint density at radius 3 is 1.57 bits per heavy atom. The highest BCUT2D eigenvalue weighted by Crippen LogP contribution is 2.28. The Labute approximate surface area is 130 Å². The third-order valence-corrected chi connectivity index (χ3v) is 3.91. The smallest absolute Gasteiger partial charge is 0.00691 e. The zero-order chi connectivity index (χ0) is 15.7. The van der Waals surface area contributed by atoms with Crippen molar-refractivity contribution in [1.82, 2.24) is 4.90 Å². The molecule has 0 N–H and O–H groups in total. The number of nitrogens with zero attached hydrogens (tertiary/aromatic N) is 1. The fourth-order valence-electron chi connectivity index (χ4n) is 2.31. The van der Waals surface area contributed by atoms with Gasteiger partial charge in [0.2, 0.25) is 0 Å². The van der Waals surface area contributed by atoms with Gasteiger partial charge in [0.1, 0.15) is 0 Å². The van der Waals surface area contributed by atoms with Crippen LogP contribution in [-0.2, 0) is 5.41 Å². The summed E-state index contributed by atoms with van der Waals surface area (Å²) in [5, 5.41) is 0. The van der Waals surface area contributed by atoms with Gasteiger partial charge in [-0.1, -0.05) is 80.6 Å². The number of benzene rings is 2. The predicted molar refractivity (Wildman–Crippen MR) is 93.7 cm³/mol. The molecule has 2 rings (SSSR count). The van der Waals surface area contributed by atoms with Crippen molar-refractivity contribution >= 4 is 0 Å². The van der Waals surface area contributed by atoms with Gasteiger partial charge in [-0.3, -0.25) is 0 Å². The van der Waals surface area contributed by atoms with Crippen LogP contribution in [0.25, 0.3) is 0 Å². The van der Waals surface area contributed by atoms with E-state index in [2.05, 4.69) is 70.1 Å². The van der Waals surface area contributed by atoms with Gasteiger partial charge < -0.3 is 4.90 Å². The molecule has 1 heteroatoms. The van der Waals surface area contributed by atoms with Gasteiger partial charge in [0.25, 0.3) is 0 Å². The molecule has 2 aromatic rings. The molecule has 2 aromatic carbocycles. The number of hydrogen-bond donors (Lipinski definition) is 0. The number of rotatable bonds is 4. The minimum absolute atomic E-state index is 0.255. The van der Waals surface area contributed by atoms with Crippen molar-refractivity contribution in [2.24, 2.45) is 0 Å². The van der Waals surface area contributed by atoms with Crippen LogP contribution in [0.5, 0.6) is 0 Å². The van der Waals surface area contributed by atoms with Gasteiger partial charge >= 0.3 is 0 Å². The first-order valence-corrected chi connectivity index (χ1v) is 7.65. The predicted octanol–water partition coefficient (Wildman–Crippen LogP) is 4.99. The van der Waals surface area contributed by atoms with Crippen molar-refractivity contribution in [3.63, 3.8) is 0 Å². The third kappa shape index (κ3) is 6.59. The van der Waals surface area contributed by atoms with E-state index in [0.717, 1.165) is 0 Å². The lowest BCUT2D eigenvalue weighted by Gasteiger charge is -2.31. The van der Waals surface area contributed by atoms with Crippen LogP contribution in [-0.4, -0.2) is 25.0 Å². The molecule has 0 aliphatic rings. The lowest BCUT2D eigenvalue weighted by atomic mass is 9.79. The average molecular weight is 283 g/mol. The number of hydrogen-bond acceptors (Lipinski definition) is 1. The normalized spacial score (nSPS) is 12.5. The highest BCUT2D eigenvalue weighted by molar-refractivity contribution is 5.23. The molecular formula is C20H29N. The van der Waals surface area contributed by atoms with Gasteiger partial charge in [0.05, 0.1) is 0 Å². The Morgan fingerprint density at radius 1 is 0.810 bits per heavy atom. The first-order chi connectivity index (χ1) is 9.93. The SMILES string of the molecule is CC(CC(C)(C)c1ccccc1)N(C)C.c1ccccc1. The molecule has 21 heavy (non-hydrogen) atoms. The molecule has 1 nitrogen and oxygen atoms in total. The summed E-state index contributed by atoms with van der Waals surface area (Å²) in [4.78, 5) is 2.28. The fraction of sp³-hybridized carbons (Fsp3) is 0.400. The topological polar surface area (TPSA) is 3.24 Å². The monoisotopic (exact) mass is 283 g/mol. The zero-order valence-electron chi connectivity index (χ0n) is 14.1. The molecule has 0 spiro atoms. The maximum atomic E-state index is 2.32. The van der Waals surface area contributed by atoms with Crippen molar-refractivity contribution in [1.29, 1.82) is 0 Å². The van der Waals surface area contributed by atoms with Crippen LogP contribution in [0, 0.1) is 0 Å². The summed E-state index contributed by atoms with van der Waals surface area (Å²) in [6, 6.07) is 23.4. The van der Waals surface area contributed by atoms with Gasteiger partial charge in [-0.2, -0.15) is 0 Å². The maximum absolute atomic E-state index is 2.32. The molecule has 0 aliphatic heterocycles. The van der Waals surface area contributed by atoms with Crippen LogP contribution < -0.4 is 0 Å². The van der Waals surface area contributed by atoms with E-state index in [9.17, 15) is 0 Å². The second-order valence-corrected chi connectivity index (χ2v) is 6.42. The van der Waals surface area contributed by atoms with E-state index >= 15 is 0 Å². The van der Waals surface area contributed by atoms with Gasteiger partial charge in [0, 0.05) is 6.04 Å². The van der Waals surface area contributed by atoms with Crippen molar-refractivity contribution < 1.29 is 0 Å². The van der Waals surface area contributed by atoms with Crippen LogP contribution in [0.15, 0.2) is 66.7 Å². The summed E-state index contributed by atoms with van der Waals surface area (Å²) in [6.07, 6.45) is 1.18. The molecule has 0 bridgehead atoms. The summed E-state index contributed by atoms with van der Waals surface area (Å²) in [5.41, 5.74) is 1.68. The molecular weight excluding hydrogens is 254 g/mol. The van der Waals surface area contributed by atoms with Crippen LogP contribution in [0.3, 0.4) is 0 Å². The molecule has 0 aromatic heterocycles. The highest BCUT2D eigenvalue weighted by atomic mass is 15.1. The van der Waals surface area contributed by atoms with Crippen LogP contribution >= 0.6 is 0 Å². The maximum Gasteiger partial charge on any atom is 0.00691 e. The van der Waals surface area contributed by atoms with E-state index in [0.29, 0.717) is 6.04 Å². The largest absolute Gasteiger partial charge is 0.307 e. The fourth-order valence-corrected chi connectivity index (χ4v) is 2.31. The lowest BCUT2D eigenvalue weighted by molar-refractivity contribution is 0.255. The van der Waals surface area contributed by atoms with Crippen molar-refractivity contribution in [2.45, 2.75) is 38.6 Å². The molecule has 0 heterocycles. The summed E-state index contributed by atoms with van der Waals surface area (Å²) in [5.74, 6) is 0. The van der Waals surface area contributed by atoms with Crippen molar-refractivity contribution in [2.75, 3.05) is 14.1 Å². The summed E-state index contributed by atoms with van der Waals surface area (Å²) in [7, 11) is 4.29. The third-order valence-electron chi connectivity index (χ3n) is 3.91. The van der Waals surface area contributed by atoms with Crippen molar-refractivity contribution in [3.8, 4) is 0 Å². The Hall–Kier alpha value is -1.60. The minimum atomic E-state index is 0.255. The molecule has 1 atom stereocenters. The Bertz CT molecular complexity index is 447.